The van der Waals surface area contributed by atoms with Crippen LogP contribution in [0, 0.1) is 10.1 Å². The molecule has 17 heteroatoms. The molecular formula is C25H33N5O11S. The van der Waals surface area contributed by atoms with Crippen molar-refractivity contribution in [2.75, 3.05) is 44.4 Å². The predicted octanol–water partition coefficient (Wildman–Crippen LogP) is 1.79. The number of carboxylic acids is 2. The molecule has 2 aromatic rings. The number of nitrogens with one attached hydrogen (secondary N) is 1. The molecule has 1 aliphatic rings. The van der Waals surface area contributed by atoms with Gasteiger partial charge in [-0.25, -0.2) is 14.4 Å². The van der Waals surface area contributed by atoms with E-state index in [2.05, 4.69) is 23.8 Å². The normalized spacial score (nSPS) is 13.9. The second-order valence-electron chi connectivity index (χ2n) is 9.67. The number of aliphatic carboxylic acids is 2. The molecule has 1 aromatic heterocycles. The zero-order valence-electron chi connectivity index (χ0n) is 23.3. The molecule has 42 heavy (non-hydrogen) atoms. The summed E-state index contributed by atoms with van der Waals surface area (Å²) in [4.78, 5) is 48.6. The average molecular weight is 612 g/mol. The monoisotopic (exact) mass is 611 g/mol. The summed E-state index contributed by atoms with van der Waals surface area (Å²) in [5.74, 6) is -1.98. The van der Waals surface area contributed by atoms with E-state index in [0.717, 1.165) is 11.7 Å². The van der Waals surface area contributed by atoms with E-state index in [1.807, 2.05) is 20.8 Å². The van der Waals surface area contributed by atoms with Crippen LogP contribution in [0.2, 0.25) is 0 Å². The Bertz CT molecular complexity index is 1190. The molecule has 2 heterocycles. The Morgan fingerprint density at radius 1 is 1.14 bits per heavy atom. The number of hydrogen-bond acceptors (Lipinski definition) is 14. The average Bonchev–Trinajstić information content (AvgIpc) is 3.41. The molecule has 1 unspecified atom stereocenters. The minimum atomic E-state index is -1.26. The molecular weight excluding hydrogens is 578 g/mol. The lowest BCUT2D eigenvalue weighted by molar-refractivity contribution is -0.763. The number of carbonyl (C=O) groups excluding carboxylic acids is 1. The van der Waals surface area contributed by atoms with Gasteiger partial charge in [0.05, 0.1) is 30.5 Å². The fourth-order valence-electron chi connectivity index (χ4n) is 3.19. The lowest BCUT2D eigenvalue weighted by Crippen LogP contribution is -2.44. The van der Waals surface area contributed by atoms with Crippen LogP contribution in [-0.4, -0.2) is 93.1 Å². The van der Waals surface area contributed by atoms with Crippen molar-refractivity contribution in [1.29, 1.82) is 0 Å². The summed E-state index contributed by atoms with van der Waals surface area (Å²) < 4.78 is 25.6. The van der Waals surface area contributed by atoms with E-state index < -0.39 is 29.1 Å². The molecule has 3 N–H and O–H groups in total. The van der Waals surface area contributed by atoms with Gasteiger partial charge in [-0.1, -0.05) is 12.1 Å². The lowest BCUT2D eigenvalue weighted by Gasteiger charge is -2.27. The molecule has 3 rings (SSSR count). The first kappa shape index (κ1) is 33.9. The molecule has 0 bridgehead atoms. The maximum Gasteiger partial charge on any atom is 0.338 e. The fraction of sp³-hybridized carbons (Fsp3) is 0.480. The van der Waals surface area contributed by atoms with Crippen LogP contribution < -0.4 is 15.0 Å². The third kappa shape index (κ3) is 13.3. The van der Waals surface area contributed by atoms with Crippen LogP contribution in [0.4, 0.5) is 5.82 Å². The first-order valence-electron chi connectivity index (χ1n) is 12.6. The van der Waals surface area contributed by atoms with Gasteiger partial charge in [0, 0.05) is 37.3 Å². The van der Waals surface area contributed by atoms with Gasteiger partial charge in [-0.15, -0.1) is 14.5 Å². The van der Waals surface area contributed by atoms with E-state index in [4.69, 9.17) is 24.4 Å². The second-order valence-corrected chi connectivity index (χ2v) is 10.2. The van der Waals surface area contributed by atoms with E-state index in [1.54, 1.807) is 12.1 Å². The summed E-state index contributed by atoms with van der Waals surface area (Å²) in [7, 11) is 0. The quantitative estimate of drug-likeness (QED) is 0.127. The Balaban J connectivity index is 0.000000675. The largest absolute Gasteiger partial charge is 0.478 e. The lowest BCUT2D eigenvalue weighted by atomic mass is 10.1. The van der Waals surface area contributed by atoms with Gasteiger partial charge in [0.25, 0.3) is 11.0 Å². The van der Waals surface area contributed by atoms with Gasteiger partial charge in [-0.3, -0.25) is 0 Å². The minimum absolute atomic E-state index is 0.0896. The van der Waals surface area contributed by atoms with Crippen LogP contribution in [-0.2, 0) is 30.5 Å². The number of carboxylic acid groups (broad SMARTS) is 2. The number of carbonyl (C=O) groups is 3. The maximum atomic E-state index is 12.7. The highest BCUT2D eigenvalue weighted by Crippen LogP contribution is 2.26. The smallest absolute Gasteiger partial charge is 0.338 e. The van der Waals surface area contributed by atoms with Crippen LogP contribution >= 0.6 is 11.7 Å². The molecule has 0 aliphatic carbocycles. The number of anilines is 1. The number of morpholine rings is 1. The fourth-order valence-corrected chi connectivity index (χ4v) is 3.71. The molecule has 16 nitrogen and oxygen atoms in total. The first-order chi connectivity index (χ1) is 19.8. The summed E-state index contributed by atoms with van der Waals surface area (Å²) in [6, 6.07) is 6.23. The standard InChI is InChI=1S/C21H29N5O7S.C4H4O4/c1-21(2,3)22-12-17(14-31-19-18(23-34-24-19)25-8-10-30-11-9-25)33-20(27)16-6-4-15(5-7-16)13-32-26(28)29;5-3(6)1-2-4(7)8/h4-7,17,22H,8-14H2,1-3H3;1-2H,(H,5,6)(H,7,8)/b;2-1-. The predicted molar refractivity (Wildman–Crippen MR) is 148 cm³/mol. The summed E-state index contributed by atoms with van der Waals surface area (Å²) >= 11 is 1.06. The zero-order chi connectivity index (χ0) is 31.1. The van der Waals surface area contributed by atoms with Gasteiger partial charge in [-0.2, -0.15) is 4.37 Å². The molecule has 1 fully saturated rings. The molecule has 230 valence electrons. The molecule has 1 saturated heterocycles. The van der Waals surface area contributed by atoms with E-state index >= 15 is 0 Å². The summed E-state index contributed by atoms with van der Waals surface area (Å²) in [6.45, 7) is 8.94. The maximum absolute atomic E-state index is 12.7. The Labute approximate surface area is 245 Å². The molecule has 0 saturated carbocycles. The Morgan fingerprint density at radius 3 is 2.31 bits per heavy atom. The molecule has 0 radical (unpaired) electrons. The van der Waals surface area contributed by atoms with E-state index in [-0.39, 0.29) is 18.8 Å². The van der Waals surface area contributed by atoms with Crippen LogP contribution in [0.1, 0.15) is 36.7 Å². The highest BCUT2D eigenvalue weighted by molar-refractivity contribution is 6.99. The number of ether oxygens (including phenoxy) is 3. The van der Waals surface area contributed by atoms with Crippen LogP contribution in [0.5, 0.6) is 5.88 Å². The van der Waals surface area contributed by atoms with Crippen molar-refractivity contribution in [3.8, 4) is 5.88 Å². The van der Waals surface area contributed by atoms with Crippen molar-refractivity contribution in [3.05, 3.63) is 57.7 Å². The van der Waals surface area contributed by atoms with Gasteiger partial charge in [-0.05, 0) is 38.5 Å². The highest BCUT2D eigenvalue weighted by atomic mass is 32.1. The number of hydrogen-bond donors (Lipinski definition) is 3. The van der Waals surface area contributed by atoms with Gasteiger partial charge in [0.15, 0.2) is 0 Å². The van der Waals surface area contributed by atoms with Gasteiger partial charge < -0.3 is 39.5 Å². The summed E-state index contributed by atoms with van der Waals surface area (Å²) in [5, 5.41) is 28.4. The third-order valence-corrected chi connectivity index (χ3v) is 5.69. The van der Waals surface area contributed by atoms with Crippen LogP contribution in [0.25, 0.3) is 0 Å². The van der Waals surface area contributed by atoms with Crippen LogP contribution in [0.3, 0.4) is 0 Å². The van der Waals surface area contributed by atoms with Crippen molar-refractivity contribution in [1.82, 2.24) is 14.1 Å². The van der Waals surface area contributed by atoms with Crippen molar-refractivity contribution in [2.24, 2.45) is 0 Å². The topological polar surface area (TPSA) is 213 Å². The zero-order valence-corrected chi connectivity index (χ0v) is 24.1. The van der Waals surface area contributed by atoms with Crippen molar-refractivity contribution < 1.29 is 48.7 Å². The number of aromatic nitrogens is 2. The second kappa shape index (κ2) is 16.8. The molecule has 0 spiro atoms. The molecule has 1 aliphatic heterocycles. The Hall–Kier alpha value is -4.35. The van der Waals surface area contributed by atoms with E-state index in [0.29, 0.717) is 67.8 Å². The van der Waals surface area contributed by atoms with Crippen molar-refractivity contribution in [2.45, 2.75) is 39.0 Å². The van der Waals surface area contributed by atoms with E-state index in [1.165, 1.54) is 12.1 Å². The van der Waals surface area contributed by atoms with E-state index in [9.17, 15) is 24.5 Å². The van der Waals surface area contributed by atoms with Gasteiger partial charge in [0.2, 0.25) is 5.82 Å². The minimum Gasteiger partial charge on any atom is -0.478 e. The molecule has 1 aromatic carbocycles. The number of nitrogens with zero attached hydrogens (tertiary/aromatic N) is 4. The number of esters is 1. The Morgan fingerprint density at radius 2 is 1.76 bits per heavy atom. The molecule has 0 amide bonds. The van der Waals surface area contributed by atoms with Gasteiger partial charge >= 0.3 is 17.9 Å². The summed E-state index contributed by atoms with van der Waals surface area (Å²) in [5.41, 5.74) is 0.689. The highest BCUT2D eigenvalue weighted by Gasteiger charge is 2.24. The third-order valence-electron chi connectivity index (χ3n) is 5.19. The van der Waals surface area contributed by atoms with Crippen molar-refractivity contribution >= 4 is 35.5 Å². The summed E-state index contributed by atoms with van der Waals surface area (Å²) in [6.07, 6.45) is 0.522. The van der Waals surface area contributed by atoms with Gasteiger partial charge in [0.1, 0.15) is 19.3 Å². The molecule has 1 atom stereocenters. The van der Waals surface area contributed by atoms with Crippen molar-refractivity contribution in [3.63, 3.8) is 0 Å². The first-order valence-corrected chi connectivity index (χ1v) is 13.3. The Kier molecular flexibility index (Phi) is 13.5. The number of benzene rings is 1. The van der Waals surface area contributed by atoms with Crippen LogP contribution in [0.15, 0.2) is 36.4 Å². The number of rotatable bonds is 13. The SMILES string of the molecule is CC(C)(C)NCC(COc1nsnc1N1CCOCC1)OC(=O)c1ccc(CO[N+](=O)[O-])cc1.O=C(O)/C=C\C(=O)O.